The van der Waals surface area contributed by atoms with Crippen molar-refractivity contribution in [2.75, 3.05) is 11.5 Å². The average molecular weight is 399 g/mol. The lowest BCUT2D eigenvalue weighted by molar-refractivity contribution is -0.166. The van der Waals surface area contributed by atoms with Gasteiger partial charge in [0.2, 0.25) is 5.44 Å². The lowest BCUT2D eigenvalue weighted by Crippen LogP contribution is -2.38. The summed E-state index contributed by atoms with van der Waals surface area (Å²) >= 11 is 1.23. The van der Waals surface area contributed by atoms with Crippen molar-refractivity contribution in [2.24, 2.45) is 17.8 Å². The molecule has 150 valence electrons. The lowest BCUT2D eigenvalue weighted by Gasteiger charge is -2.37. The van der Waals surface area contributed by atoms with Crippen LogP contribution in [0.5, 0.6) is 0 Å². The van der Waals surface area contributed by atoms with Crippen LogP contribution < -0.4 is 11.4 Å². The number of rotatable bonds is 4. The molecule has 2 fully saturated rings. The van der Waals surface area contributed by atoms with Gasteiger partial charge >= 0.3 is 11.7 Å². The maximum absolute atomic E-state index is 13.6. The minimum Gasteiger partial charge on any atom is -0.459 e. The summed E-state index contributed by atoms with van der Waals surface area (Å²) in [7, 11) is 0. The molecular formula is C18H26FN3O4S. The number of hydrogen-bond acceptors (Lipinski definition) is 7. The highest BCUT2D eigenvalue weighted by molar-refractivity contribution is 8.00. The number of hydrogen-bond donors (Lipinski definition) is 1. The van der Waals surface area contributed by atoms with Gasteiger partial charge in [0.05, 0.1) is 6.20 Å². The van der Waals surface area contributed by atoms with E-state index < -0.39 is 35.0 Å². The molecule has 0 spiro atoms. The van der Waals surface area contributed by atoms with E-state index in [-0.39, 0.29) is 6.10 Å². The summed E-state index contributed by atoms with van der Waals surface area (Å²) in [4.78, 5) is 28.0. The Balaban J connectivity index is 1.65. The van der Waals surface area contributed by atoms with Gasteiger partial charge in [-0.15, -0.1) is 11.8 Å². The third-order valence-electron chi connectivity index (χ3n) is 5.34. The minimum atomic E-state index is -0.840. The first-order chi connectivity index (χ1) is 12.8. The standard InChI is InChI=1S/C18H26FN3O4S/c1-9(2)11-5-4-10(3)6-13(11)25-16(23)17-26-14(8-27-17)22-7-12(19)15(20)21-18(22)24/h7,9-11,13-14,17H,4-6,8H2,1-3H3,(H2,20,21,24)/t10-,11-,13+,14-,17-/m1/s1. The van der Waals surface area contributed by atoms with E-state index in [1.807, 2.05) is 0 Å². The van der Waals surface area contributed by atoms with Crippen molar-refractivity contribution in [2.45, 2.75) is 57.8 Å². The largest absolute Gasteiger partial charge is 0.459 e. The molecule has 1 saturated carbocycles. The van der Waals surface area contributed by atoms with Crippen molar-refractivity contribution in [3.63, 3.8) is 0 Å². The summed E-state index contributed by atoms with van der Waals surface area (Å²) in [5.74, 6) is -0.0872. The van der Waals surface area contributed by atoms with Gasteiger partial charge in [-0.2, -0.15) is 4.98 Å². The Bertz CT molecular complexity index is 757. The highest BCUT2D eigenvalue weighted by Gasteiger charge is 2.39. The van der Waals surface area contributed by atoms with E-state index in [9.17, 15) is 14.0 Å². The number of nitrogens with zero attached hydrogens (tertiary/aromatic N) is 2. The van der Waals surface area contributed by atoms with Crippen LogP contribution in [0.1, 0.15) is 46.3 Å². The summed E-state index contributed by atoms with van der Waals surface area (Å²) in [6.45, 7) is 6.46. The summed E-state index contributed by atoms with van der Waals surface area (Å²) in [5.41, 5.74) is 3.74. The second kappa shape index (κ2) is 8.18. The van der Waals surface area contributed by atoms with Crippen molar-refractivity contribution < 1.29 is 18.7 Å². The first-order valence-corrected chi connectivity index (χ1v) is 10.3. The number of esters is 1. The highest BCUT2D eigenvalue weighted by atomic mass is 32.2. The molecule has 0 unspecified atom stereocenters. The number of halogens is 1. The molecule has 7 nitrogen and oxygen atoms in total. The summed E-state index contributed by atoms with van der Waals surface area (Å²) in [5, 5.41) is 0. The second-order valence-corrected chi connectivity index (χ2v) is 8.82. The van der Waals surface area contributed by atoms with Crippen LogP contribution in [0.25, 0.3) is 0 Å². The third-order valence-corrected chi connectivity index (χ3v) is 6.42. The monoisotopic (exact) mass is 399 g/mol. The van der Waals surface area contributed by atoms with Crippen LogP contribution in [0.15, 0.2) is 11.0 Å². The van der Waals surface area contributed by atoms with Crippen LogP contribution in [0.3, 0.4) is 0 Å². The van der Waals surface area contributed by atoms with Crippen LogP contribution in [0.4, 0.5) is 10.2 Å². The predicted octanol–water partition coefficient (Wildman–Crippen LogP) is 2.56. The molecule has 3 rings (SSSR count). The van der Waals surface area contributed by atoms with Crippen molar-refractivity contribution in [1.82, 2.24) is 9.55 Å². The summed E-state index contributed by atoms with van der Waals surface area (Å²) in [6, 6.07) is 0. The molecule has 1 saturated heterocycles. The molecular weight excluding hydrogens is 373 g/mol. The van der Waals surface area contributed by atoms with Gasteiger partial charge in [0, 0.05) is 5.75 Å². The molecule has 1 aliphatic heterocycles. The summed E-state index contributed by atoms with van der Waals surface area (Å²) in [6.07, 6.45) is 3.09. The van der Waals surface area contributed by atoms with E-state index in [2.05, 4.69) is 25.8 Å². The number of thioether (sulfide) groups is 1. The Morgan fingerprint density at radius 1 is 1.48 bits per heavy atom. The molecule has 2 heterocycles. The molecule has 0 aromatic carbocycles. The zero-order valence-electron chi connectivity index (χ0n) is 15.8. The van der Waals surface area contributed by atoms with Crippen LogP contribution in [-0.4, -0.2) is 32.8 Å². The van der Waals surface area contributed by atoms with Gasteiger partial charge in [0.15, 0.2) is 11.6 Å². The van der Waals surface area contributed by atoms with E-state index in [4.69, 9.17) is 15.2 Å². The van der Waals surface area contributed by atoms with Gasteiger partial charge in [-0.25, -0.2) is 14.0 Å². The molecule has 27 heavy (non-hydrogen) atoms. The fourth-order valence-electron chi connectivity index (χ4n) is 3.78. The van der Waals surface area contributed by atoms with Gasteiger partial charge < -0.3 is 15.2 Å². The topological polar surface area (TPSA) is 96.4 Å². The number of nitrogen functional groups attached to an aromatic ring is 1. The first kappa shape index (κ1) is 20.1. The quantitative estimate of drug-likeness (QED) is 0.777. The van der Waals surface area contributed by atoms with E-state index in [1.165, 1.54) is 11.8 Å². The number of carbonyl (C=O) groups excluding carboxylic acids is 1. The van der Waals surface area contributed by atoms with Crippen molar-refractivity contribution in [3.05, 3.63) is 22.5 Å². The zero-order chi connectivity index (χ0) is 19.7. The fourth-order valence-corrected chi connectivity index (χ4v) is 4.76. The lowest BCUT2D eigenvalue weighted by atomic mass is 9.75. The van der Waals surface area contributed by atoms with E-state index in [1.54, 1.807) is 0 Å². The maximum Gasteiger partial charge on any atom is 0.351 e. The molecule has 1 aromatic rings. The molecule has 0 bridgehead atoms. The van der Waals surface area contributed by atoms with E-state index >= 15 is 0 Å². The zero-order valence-corrected chi connectivity index (χ0v) is 16.6. The Morgan fingerprint density at radius 3 is 2.93 bits per heavy atom. The molecule has 0 radical (unpaired) electrons. The Hall–Kier alpha value is -1.61. The van der Waals surface area contributed by atoms with Gasteiger partial charge in [0.1, 0.15) is 12.3 Å². The SMILES string of the molecule is CC(C)[C@H]1CC[C@@H](C)C[C@@H]1OC(=O)[C@@H]1O[C@@H](n2cc(F)c(N)nc2=O)CS1. The van der Waals surface area contributed by atoms with Crippen molar-refractivity contribution >= 4 is 23.5 Å². The second-order valence-electron chi connectivity index (χ2n) is 7.72. The molecule has 2 N–H and O–H groups in total. The van der Waals surface area contributed by atoms with Crippen molar-refractivity contribution in [3.8, 4) is 0 Å². The van der Waals surface area contributed by atoms with Crippen LogP contribution in [0.2, 0.25) is 0 Å². The average Bonchev–Trinajstić information content (AvgIpc) is 3.08. The van der Waals surface area contributed by atoms with E-state index in [0.717, 1.165) is 30.0 Å². The molecule has 5 atom stereocenters. The number of carbonyl (C=O) groups is 1. The fraction of sp³-hybridized carbons (Fsp3) is 0.722. The molecule has 9 heteroatoms. The highest BCUT2D eigenvalue weighted by Crippen LogP contribution is 2.37. The smallest absolute Gasteiger partial charge is 0.351 e. The number of ether oxygens (including phenoxy) is 2. The Morgan fingerprint density at radius 2 is 2.22 bits per heavy atom. The van der Waals surface area contributed by atoms with Gasteiger partial charge in [-0.1, -0.05) is 27.2 Å². The van der Waals surface area contributed by atoms with Crippen LogP contribution in [0, 0.1) is 23.6 Å². The number of nitrogens with two attached hydrogens (primary N) is 1. The molecule has 1 aliphatic carbocycles. The summed E-state index contributed by atoms with van der Waals surface area (Å²) < 4.78 is 26.1. The number of aromatic nitrogens is 2. The van der Waals surface area contributed by atoms with Gasteiger partial charge in [-0.05, 0) is 30.6 Å². The van der Waals surface area contributed by atoms with Crippen molar-refractivity contribution in [1.29, 1.82) is 0 Å². The molecule has 0 amide bonds. The van der Waals surface area contributed by atoms with Gasteiger partial charge in [0.25, 0.3) is 0 Å². The number of anilines is 1. The minimum absolute atomic E-state index is 0.122. The Labute approximate surface area is 161 Å². The van der Waals surface area contributed by atoms with E-state index in [0.29, 0.717) is 23.5 Å². The predicted molar refractivity (Wildman–Crippen MR) is 100 cm³/mol. The Kier molecular flexibility index (Phi) is 6.10. The molecule has 2 aliphatic rings. The maximum atomic E-state index is 13.6. The molecule has 1 aromatic heterocycles. The normalized spacial score (nSPS) is 31.2. The van der Waals surface area contributed by atoms with Gasteiger partial charge in [-0.3, -0.25) is 4.57 Å². The van der Waals surface area contributed by atoms with Crippen LogP contribution >= 0.6 is 11.8 Å². The third kappa shape index (κ3) is 4.45. The van der Waals surface area contributed by atoms with Crippen LogP contribution in [-0.2, 0) is 14.3 Å². The first-order valence-electron chi connectivity index (χ1n) is 9.28.